The molecule has 4 heterocycles. The maximum Gasteiger partial charge on any atom is 0.335 e. The fourth-order valence-electron chi connectivity index (χ4n) is 5.33. The van der Waals surface area contributed by atoms with Gasteiger partial charge in [0, 0.05) is 31.2 Å². The largest absolute Gasteiger partial charge is 0.377 e. The summed E-state index contributed by atoms with van der Waals surface area (Å²) in [6.45, 7) is 7.55. The van der Waals surface area contributed by atoms with Crippen molar-refractivity contribution >= 4 is 38.1 Å². The van der Waals surface area contributed by atoms with Gasteiger partial charge < -0.3 is 15.0 Å². The topological polar surface area (TPSA) is 123 Å². The van der Waals surface area contributed by atoms with Gasteiger partial charge in [-0.15, -0.1) is 10.2 Å². The van der Waals surface area contributed by atoms with E-state index in [2.05, 4.69) is 25.1 Å². The van der Waals surface area contributed by atoms with Crippen LogP contribution in [0.15, 0.2) is 21.8 Å². The summed E-state index contributed by atoms with van der Waals surface area (Å²) in [7, 11) is -4.02. The Morgan fingerprint density at radius 1 is 1.18 bits per heavy atom. The minimum atomic E-state index is -4.02. The number of benzene rings is 1. The highest BCUT2D eigenvalue weighted by Crippen LogP contribution is 2.41. The lowest BCUT2D eigenvalue weighted by atomic mass is 10.0. The predicted octanol–water partition coefficient (Wildman–Crippen LogP) is 2.17. The average Bonchev–Trinajstić information content (AvgIpc) is 3.44. The van der Waals surface area contributed by atoms with Crippen molar-refractivity contribution in [2.45, 2.75) is 68.6 Å². The molecule has 3 fully saturated rings. The standard InChI is InChI=1S/C23H29F2N7O4S2/c1-12-8-30(9-13(2)26-12)16-6-15(38(34,35)29-23(3)10-36-11-23)7-17-18(16)31(14-4-5-14)22(33)32(17)21-28-27-20(37-21)19(24)25/h6-7,12-14,19,26,29H,4-5,8-11H2,1-3H3/t12-,13-/m0/s1. The van der Waals surface area contributed by atoms with Crippen LogP contribution in [0.3, 0.4) is 0 Å². The minimum absolute atomic E-state index is 0.0211. The highest BCUT2D eigenvalue weighted by molar-refractivity contribution is 7.89. The van der Waals surface area contributed by atoms with Gasteiger partial charge in [-0.2, -0.15) is 0 Å². The lowest BCUT2D eigenvalue weighted by molar-refractivity contribution is -0.0523. The Morgan fingerprint density at radius 2 is 1.87 bits per heavy atom. The van der Waals surface area contributed by atoms with Crippen molar-refractivity contribution in [1.29, 1.82) is 0 Å². The number of ether oxygens (including phenoxy) is 1. The maximum absolute atomic E-state index is 13.8. The Hall–Kier alpha value is -2.46. The normalized spacial score (nSPS) is 23.8. The highest BCUT2D eigenvalue weighted by Gasteiger charge is 2.39. The smallest absolute Gasteiger partial charge is 0.335 e. The summed E-state index contributed by atoms with van der Waals surface area (Å²) in [6, 6.07) is 3.24. The fraction of sp³-hybridized carbons (Fsp3) is 0.609. The summed E-state index contributed by atoms with van der Waals surface area (Å²) in [6.07, 6.45) is -1.24. The Balaban J connectivity index is 1.61. The molecule has 6 rings (SSSR count). The van der Waals surface area contributed by atoms with Crippen LogP contribution >= 0.6 is 11.3 Å². The molecule has 2 N–H and O–H groups in total. The molecular weight excluding hydrogens is 540 g/mol. The van der Waals surface area contributed by atoms with Gasteiger partial charge in [0.05, 0.1) is 40.4 Å². The van der Waals surface area contributed by atoms with Gasteiger partial charge in [-0.25, -0.2) is 31.3 Å². The lowest BCUT2D eigenvalue weighted by Gasteiger charge is -2.39. The highest BCUT2D eigenvalue weighted by atomic mass is 32.2. The van der Waals surface area contributed by atoms with E-state index >= 15 is 0 Å². The second kappa shape index (κ2) is 9.05. The molecule has 1 saturated carbocycles. The zero-order valence-electron chi connectivity index (χ0n) is 21.1. The van der Waals surface area contributed by atoms with Crippen LogP contribution in [0.5, 0.6) is 0 Å². The fourth-order valence-corrected chi connectivity index (χ4v) is 7.46. The van der Waals surface area contributed by atoms with Crippen molar-refractivity contribution < 1.29 is 21.9 Å². The van der Waals surface area contributed by atoms with E-state index in [4.69, 9.17) is 4.74 Å². The van der Waals surface area contributed by atoms with Gasteiger partial charge in [-0.1, -0.05) is 11.3 Å². The monoisotopic (exact) mass is 569 g/mol. The zero-order chi connectivity index (χ0) is 27.0. The van der Waals surface area contributed by atoms with E-state index in [0.29, 0.717) is 41.1 Å². The molecule has 15 heteroatoms. The molecule has 3 aliphatic rings. The van der Waals surface area contributed by atoms with Crippen molar-refractivity contribution in [3.63, 3.8) is 0 Å². The molecule has 1 aliphatic carbocycles. The van der Waals surface area contributed by atoms with E-state index in [1.165, 1.54) is 10.6 Å². The second-order valence-electron chi connectivity index (χ2n) is 10.8. The van der Waals surface area contributed by atoms with E-state index in [1.54, 1.807) is 17.6 Å². The molecule has 206 valence electrons. The predicted molar refractivity (Wildman–Crippen MR) is 138 cm³/mol. The van der Waals surface area contributed by atoms with Gasteiger partial charge in [0.1, 0.15) is 0 Å². The van der Waals surface area contributed by atoms with Gasteiger partial charge in [0.15, 0.2) is 5.01 Å². The zero-order valence-corrected chi connectivity index (χ0v) is 22.8. The molecule has 11 nitrogen and oxygen atoms in total. The molecular formula is C23H29F2N7O4S2. The van der Waals surface area contributed by atoms with E-state index in [9.17, 15) is 22.0 Å². The van der Waals surface area contributed by atoms with Crippen molar-refractivity contribution in [1.82, 2.24) is 29.4 Å². The van der Waals surface area contributed by atoms with E-state index in [-0.39, 0.29) is 41.4 Å². The molecule has 2 aliphatic heterocycles. The van der Waals surface area contributed by atoms with Gasteiger partial charge in [-0.3, -0.25) is 4.57 Å². The van der Waals surface area contributed by atoms with Crippen LogP contribution in [0, 0.1) is 0 Å². The molecule has 38 heavy (non-hydrogen) atoms. The lowest BCUT2D eigenvalue weighted by Crippen LogP contribution is -2.59. The molecule has 1 aromatic carbocycles. The first-order valence-electron chi connectivity index (χ1n) is 12.5. The molecule has 3 aromatic rings. The van der Waals surface area contributed by atoms with Crippen molar-refractivity contribution in [2.75, 3.05) is 31.2 Å². The number of hydrogen-bond donors (Lipinski definition) is 2. The molecule has 0 spiro atoms. The number of sulfonamides is 1. The first kappa shape index (κ1) is 25.8. The minimum Gasteiger partial charge on any atom is -0.377 e. The Bertz CT molecular complexity index is 1550. The third kappa shape index (κ3) is 4.43. The Labute approximate surface area is 221 Å². The van der Waals surface area contributed by atoms with Crippen LogP contribution in [0.2, 0.25) is 0 Å². The summed E-state index contributed by atoms with van der Waals surface area (Å²) in [5, 5.41) is 10.4. The first-order chi connectivity index (χ1) is 18.0. The number of rotatable bonds is 7. The van der Waals surface area contributed by atoms with E-state index in [0.717, 1.165) is 12.8 Å². The summed E-state index contributed by atoms with van der Waals surface area (Å²) >= 11 is 0.619. The molecule has 0 amide bonds. The number of hydrogen-bond acceptors (Lipinski definition) is 9. The van der Waals surface area contributed by atoms with Crippen molar-refractivity contribution in [3.05, 3.63) is 27.6 Å². The van der Waals surface area contributed by atoms with Crippen LogP contribution in [0.4, 0.5) is 14.5 Å². The number of anilines is 1. The molecule has 2 atom stereocenters. The number of alkyl halides is 2. The third-order valence-electron chi connectivity index (χ3n) is 7.07. The molecule has 2 aromatic heterocycles. The number of aromatic nitrogens is 4. The van der Waals surface area contributed by atoms with E-state index in [1.807, 2.05) is 13.8 Å². The SMILES string of the molecule is C[C@H]1CN(c2cc(S(=O)(=O)NC3(C)COC3)cc3c2n(C2CC2)c(=O)n3-c2nnc(C(F)F)s2)C[C@H](C)N1. The van der Waals surface area contributed by atoms with Crippen molar-refractivity contribution in [2.24, 2.45) is 0 Å². The molecule has 2 saturated heterocycles. The number of fused-ring (bicyclic) bond motifs is 1. The first-order valence-corrected chi connectivity index (χ1v) is 14.8. The summed E-state index contributed by atoms with van der Waals surface area (Å²) in [4.78, 5) is 15.9. The third-order valence-corrected chi connectivity index (χ3v) is 9.61. The molecule has 0 unspecified atom stereocenters. The average molecular weight is 570 g/mol. The molecule has 0 radical (unpaired) electrons. The van der Waals surface area contributed by atoms with Crippen LogP contribution < -0.4 is 20.6 Å². The van der Waals surface area contributed by atoms with Gasteiger partial charge in [0.25, 0.3) is 6.43 Å². The van der Waals surface area contributed by atoms with Gasteiger partial charge >= 0.3 is 5.69 Å². The van der Waals surface area contributed by atoms with Crippen molar-refractivity contribution in [3.8, 4) is 5.13 Å². The number of nitrogens with one attached hydrogen (secondary N) is 2. The Kier molecular flexibility index (Phi) is 6.14. The Morgan fingerprint density at radius 3 is 2.42 bits per heavy atom. The second-order valence-corrected chi connectivity index (χ2v) is 13.5. The number of imidazole rings is 1. The van der Waals surface area contributed by atoms with Crippen LogP contribution in [0.1, 0.15) is 51.1 Å². The van der Waals surface area contributed by atoms with Gasteiger partial charge in [0.2, 0.25) is 15.2 Å². The number of nitrogens with zero attached hydrogens (tertiary/aromatic N) is 5. The maximum atomic E-state index is 13.8. The summed E-state index contributed by atoms with van der Waals surface area (Å²) in [5.41, 5.74) is 0.297. The van der Waals surface area contributed by atoms with Gasteiger partial charge in [-0.05, 0) is 45.7 Å². The summed E-state index contributed by atoms with van der Waals surface area (Å²) in [5.74, 6) is 0. The number of piperazine rings is 1. The molecule has 0 bridgehead atoms. The van der Waals surface area contributed by atoms with Crippen LogP contribution in [-0.2, 0) is 14.8 Å². The van der Waals surface area contributed by atoms with Crippen LogP contribution in [0.25, 0.3) is 16.2 Å². The quantitative estimate of drug-likeness (QED) is 0.444. The number of halogens is 2. The van der Waals surface area contributed by atoms with E-state index < -0.39 is 32.7 Å². The summed E-state index contributed by atoms with van der Waals surface area (Å²) < 4.78 is 64.8. The van der Waals surface area contributed by atoms with Crippen LogP contribution in [-0.4, -0.2) is 71.7 Å².